The molecule has 1 fully saturated rings. The highest BCUT2D eigenvalue weighted by Crippen LogP contribution is 2.22. The zero-order valence-electron chi connectivity index (χ0n) is 14.4. The minimum Gasteiger partial charge on any atom is -0.368 e. The highest BCUT2D eigenvalue weighted by Gasteiger charge is 2.32. The molecule has 2 rings (SSSR count). The summed E-state index contributed by atoms with van der Waals surface area (Å²) in [6, 6.07) is 5.95. The summed E-state index contributed by atoms with van der Waals surface area (Å²) in [7, 11) is -3.68. The van der Waals surface area contributed by atoms with E-state index in [0.29, 0.717) is 26.2 Å². The third kappa shape index (κ3) is 4.25. The van der Waals surface area contributed by atoms with Crippen LogP contribution in [0.4, 0.5) is 5.69 Å². The lowest BCUT2D eigenvalue weighted by Crippen LogP contribution is -2.56. The van der Waals surface area contributed by atoms with E-state index in [9.17, 15) is 13.2 Å². The molecular weight excluding hydrogens is 328 g/mol. The first-order chi connectivity index (χ1) is 11.0. The van der Waals surface area contributed by atoms with Crippen LogP contribution in [-0.2, 0) is 14.8 Å². The Bertz CT molecular complexity index is 687. The van der Waals surface area contributed by atoms with E-state index in [-0.39, 0.29) is 16.2 Å². The van der Waals surface area contributed by atoms with Gasteiger partial charge >= 0.3 is 0 Å². The SMILES string of the molecule is CC(C)(C)[C@H](N)C(=O)N1CCN(c2ccc(S(N)(=O)=O)cc2)CC1. The van der Waals surface area contributed by atoms with E-state index in [0.717, 1.165) is 5.69 Å². The van der Waals surface area contributed by atoms with Crippen LogP contribution in [0.2, 0.25) is 0 Å². The van der Waals surface area contributed by atoms with Gasteiger partial charge in [-0.25, -0.2) is 13.6 Å². The molecule has 134 valence electrons. The fourth-order valence-corrected chi connectivity index (χ4v) is 3.11. The van der Waals surface area contributed by atoms with Crippen LogP contribution in [0.25, 0.3) is 0 Å². The second kappa shape index (κ2) is 6.70. The first-order valence-corrected chi connectivity index (χ1v) is 9.47. The summed E-state index contributed by atoms with van der Waals surface area (Å²) in [6.07, 6.45) is 0. The van der Waals surface area contributed by atoms with Crippen LogP contribution in [0.5, 0.6) is 0 Å². The Hall–Kier alpha value is -1.64. The average Bonchev–Trinajstić information content (AvgIpc) is 2.52. The van der Waals surface area contributed by atoms with E-state index in [2.05, 4.69) is 4.90 Å². The monoisotopic (exact) mass is 354 g/mol. The number of nitrogens with zero attached hydrogens (tertiary/aromatic N) is 2. The number of nitrogens with two attached hydrogens (primary N) is 2. The minimum atomic E-state index is -3.68. The predicted molar refractivity (Wildman–Crippen MR) is 94.0 cm³/mol. The summed E-state index contributed by atoms with van der Waals surface area (Å²) in [6.45, 7) is 8.42. The Kier molecular flexibility index (Phi) is 5.22. The van der Waals surface area contributed by atoms with Crippen LogP contribution in [0.15, 0.2) is 29.2 Å². The maximum Gasteiger partial charge on any atom is 0.240 e. The van der Waals surface area contributed by atoms with Crippen molar-refractivity contribution in [2.45, 2.75) is 31.7 Å². The maximum absolute atomic E-state index is 12.4. The molecule has 0 saturated carbocycles. The van der Waals surface area contributed by atoms with Crippen LogP contribution in [0.3, 0.4) is 0 Å². The lowest BCUT2D eigenvalue weighted by Gasteiger charge is -2.39. The molecule has 4 N–H and O–H groups in total. The van der Waals surface area contributed by atoms with E-state index >= 15 is 0 Å². The number of anilines is 1. The summed E-state index contributed by atoms with van der Waals surface area (Å²) in [5.74, 6) is -0.0216. The van der Waals surface area contributed by atoms with Gasteiger partial charge in [0, 0.05) is 31.9 Å². The lowest BCUT2D eigenvalue weighted by atomic mass is 9.86. The van der Waals surface area contributed by atoms with Crippen molar-refractivity contribution in [3.63, 3.8) is 0 Å². The van der Waals surface area contributed by atoms with Crippen LogP contribution in [0.1, 0.15) is 20.8 Å². The molecule has 0 aromatic heterocycles. The van der Waals surface area contributed by atoms with E-state index < -0.39 is 16.1 Å². The maximum atomic E-state index is 12.4. The van der Waals surface area contributed by atoms with Gasteiger partial charge < -0.3 is 15.5 Å². The molecule has 0 unspecified atom stereocenters. The Morgan fingerprint density at radius 1 is 1.08 bits per heavy atom. The Morgan fingerprint density at radius 2 is 1.58 bits per heavy atom. The average molecular weight is 354 g/mol. The third-order valence-electron chi connectivity index (χ3n) is 4.32. The van der Waals surface area contributed by atoms with Gasteiger partial charge in [-0.3, -0.25) is 4.79 Å². The molecule has 1 amide bonds. The van der Waals surface area contributed by atoms with Crippen molar-refractivity contribution in [2.24, 2.45) is 16.3 Å². The van der Waals surface area contributed by atoms with E-state index in [4.69, 9.17) is 10.9 Å². The molecule has 1 heterocycles. The molecule has 0 bridgehead atoms. The molecule has 1 aliphatic heterocycles. The van der Waals surface area contributed by atoms with Crippen molar-refractivity contribution in [2.75, 3.05) is 31.1 Å². The number of primary sulfonamides is 1. The molecule has 1 aliphatic rings. The molecule has 7 nitrogen and oxygen atoms in total. The number of amides is 1. The fraction of sp³-hybridized carbons (Fsp3) is 0.562. The van der Waals surface area contributed by atoms with Crippen molar-refractivity contribution < 1.29 is 13.2 Å². The molecular formula is C16H26N4O3S. The first kappa shape index (κ1) is 18.7. The van der Waals surface area contributed by atoms with Crippen LogP contribution in [-0.4, -0.2) is 51.4 Å². The van der Waals surface area contributed by atoms with Gasteiger partial charge in [0.25, 0.3) is 0 Å². The smallest absolute Gasteiger partial charge is 0.240 e. The largest absolute Gasteiger partial charge is 0.368 e. The van der Waals surface area contributed by atoms with Gasteiger partial charge in [-0.15, -0.1) is 0 Å². The molecule has 24 heavy (non-hydrogen) atoms. The van der Waals surface area contributed by atoms with E-state index in [1.54, 1.807) is 17.0 Å². The summed E-state index contributed by atoms with van der Waals surface area (Å²) in [5.41, 5.74) is 6.70. The Morgan fingerprint density at radius 3 is 2.00 bits per heavy atom. The number of sulfonamides is 1. The minimum absolute atomic E-state index is 0.0216. The molecule has 1 aromatic carbocycles. The van der Waals surface area contributed by atoms with Gasteiger partial charge in [-0.1, -0.05) is 20.8 Å². The molecule has 1 aromatic rings. The molecule has 0 aliphatic carbocycles. The summed E-state index contributed by atoms with van der Waals surface area (Å²) >= 11 is 0. The van der Waals surface area contributed by atoms with Crippen LogP contribution >= 0.6 is 0 Å². The third-order valence-corrected chi connectivity index (χ3v) is 5.25. The Balaban J connectivity index is 1.99. The molecule has 8 heteroatoms. The zero-order chi connectivity index (χ0) is 18.1. The highest BCUT2D eigenvalue weighted by atomic mass is 32.2. The van der Waals surface area contributed by atoms with Crippen molar-refractivity contribution in [3.8, 4) is 0 Å². The van der Waals surface area contributed by atoms with Crippen LogP contribution in [0, 0.1) is 5.41 Å². The van der Waals surface area contributed by atoms with Crippen LogP contribution < -0.4 is 15.8 Å². The van der Waals surface area contributed by atoms with Gasteiger partial charge in [-0.05, 0) is 29.7 Å². The number of rotatable bonds is 3. The predicted octanol–water partition coefficient (Wildman–Crippen LogP) is 0.356. The van der Waals surface area contributed by atoms with E-state index in [1.807, 2.05) is 20.8 Å². The summed E-state index contributed by atoms with van der Waals surface area (Å²) in [5, 5.41) is 5.10. The second-order valence-electron chi connectivity index (χ2n) is 7.19. The second-order valence-corrected chi connectivity index (χ2v) is 8.76. The van der Waals surface area contributed by atoms with Gasteiger partial charge in [0.05, 0.1) is 10.9 Å². The zero-order valence-corrected chi connectivity index (χ0v) is 15.2. The van der Waals surface area contributed by atoms with Gasteiger partial charge in [0.1, 0.15) is 0 Å². The summed E-state index contributed by atoms with van der Waals surface area (Å²) < 4.78 is 22.6. The van der Waals surface area contributed by atoms with Crippen molar-refractivity contribution in [3.05, 3.63) is 24.3 Å². The fourth-order valence-electron chi connectivity index (χ4n) is 2.60. The summed E-state index contributed by atoms with van der Waals surface area (Å²) in [4.78, 5) is 16.4. The van der Waals surface area contributed by atoms with Gasteiger partial charge in [-0.2, -0.15) is 0 Å². The van der Waals surface area contributed by atoms with Gasteiger partial charge in [0.15, 0.2) is 0 Å². The van der Waals surface area contributed by atoms with Crippen molar-refractivity contribution >= 4 is 21.6 Å². The van der Waals surface area contributed by atoms with Gasteiger partial charge in [0.2, 0.25) is 15.9 Å². The molecule has 0 radical (unpaired) electrons. The van der Waals surface area contributed by atoms with E-state index in [1.165, 1.54) is 12.1 Å². The van der Waals surface area contributed by atoms with Crippen molar-refractivity contribution in [1.29, 1.82) is 0 Å². The lowest BCUT2D eigenvalue weighted by molar-refractivity contribution is -0.135. The normalized spacial score (nSPS) is 17.7. The number of hydrogen-bond acceptors (Lipinski definition) is 5. The highest BCUT2D eigenvalue weighted by molar-refractivity contribution is 7.89. The van der Waals surface area contributed by atoms with Crippen molar-refractivity contribution in [1.82, 2.24) is 4.90 Å². The standard InChI is InChI=1S/C16H26N4O3S/c1-16(2,3)14(17)15(21)20-10-8-19(9-11-20)12-4-6-13(7-5-12)24(18,22)23/h4-7,14H,8-11,17H2,1-3H3,(H2,18,22,23)/t14-/m1/s1. The topological polar surface area (TPSA) is 110 Å². The number of carbonyl (C=O) groups is 1. The number of hydrogen-bond donors (Lipinski definition) is 2. The Labute approximate surface area is 143 Å². The number of carbonyl (C=O) groups excluding carboxylic acids is 1. The number of benzene rings is 1. The quantitative estimate of drug-likeness (QED) is 0.814. The number of piperazine rings is 1. The molecule has 1 saturated heterocycles. The molecule has 1 atom stereocenters. The first-order valence-electron chi connectivity index (χ1n) is 7.92. The molecule has 0 spiro atoms.